The summed E-state index contributed by atoms with van der Waals surface area (Å²) >= 11 is 0. The van der Waals surface area contributed by atoms with Crippen LogP contribution in [0.3, 0.4) is 0 Å². The molecule has 0 radical (unpaired) electrons. The highest BCUT2D eigenvalue weighted by molar-refractivity contribution is 7.44. The topological polar surface area (TPSA) is 99.2 Å². The van der Waals surface area contributed by atoms with Gasteiger partial charge in [-0.05, 0) is 75.6 Å². The molecule has 0 saturated carbocycles. The van der Waals surface area contributed by atoms with Gasteiger partial charge in [-0.25, -0.2) is 20.8 Å². The van der Waals surface area contributed by atoms with Crippen molar-refractivity contribution < 1.29 is 27.8 Å². The van der Waals surface area contributed by atoms with Crippen LogP contribution in [0.2, 0.25) is 0 Å². The van der Waals surface area contributed by atoms with Gasteiger partial charge in [-0.3, -0.25) is 4.98 Å². The fourth-order valence-electron chi connectivity index (χ4n) is 6.36. The predicted octanol–water partition coefficient (Wildman–Crippen LogP) is 7.63. The van der Waals surface area contributed by atoms with Gasteiger partial charge in [0.1, 0.15) is 29.8 Å². The van der Waals surface area contributed by atoms with Crippen molar-refractivity contribution in [2.45, 2.75) is 65.0 Å². The van der Waals surface area contributed by atoms with E-state index in [4.69, 9.17) is 29.8 Å². The van der Waals surface area contributed by atoms with E-state index in [1.807, 2.05) is 73.7 Å². The fraction of sp³-hybridized carbons (Fsp3) is 0.385. The number of aromatic amines is 1. The molecule has 2 aromatic heterocycles. The lowest BCUT2D eigenvalue weighted by Gasteiger charge is -2.37. The first kappa shape index (κ1) is 37.8. The summed E-state index contributed by atoms with van der Waals surface area (Å²) in [4.78, 5) is 16.0. The third-order valence-corrected chi connectivity index (χ3v) is 10.7. The third kappa shape index (κ3) is 8.55. The number of nitrogens with zero attached hydrogens (tertiary/aromatic N) is 5. The second kappa shape index (κ2) is 17.7. The van der Waals surface area contributed by atoms with Gasteiger partial charge in [-0.15, -0.1) is 0 Å². The van der Waals surface area contributed by atoms with E-state index in [1.54, 1.807) is 26.7 Å². The number of aromatic nitrogens is 4. The van der Waals surface area contributed by atoms with Gasteiger partial charge >= 0.3 is 5.65 Å². The van der Waals surface area contributed by atoms with Crippen molar-refractivity contribution in [3.05, 3.63) is 125 Å². The maximum Gasteiger partial charge on any atom is 0.305 e. The number of fused-ring (bicyclic) bond motifs is 1. The summed E-state index contributed by atoms with van der Waals surface area (Å²) in [6.07, 6.45) is 2.83. The minimum atomic E-state index is -1.40. The van der Waals surface area contributed by atoms with Crippen molar-refractivity contribution in [2.24, 2.45) is 0 Å². The lowest BCUT2D eigenvalue weighted by molar-refractivity contribution is -0.685. The zero-order chi connectivity index (χ0) is 36.4. The number of imidazole rings is 1. The Morgan fingerprint density at radius 2 is 1.39 bits per heavy atom. The number of rotatable bonds is 18. The standard InChI is InChI=1S/C39H47N6O5P/c1-28(2)45(29(3)4)51(48-24-22-40-6)49-25-23-44-37(43-36-26-41-27-42-38(36)44)30(5)50-39(31-12-10-9-11-13-31,32-14-18-34(46-7)19-15-32)33-16-20-35(47-8)21-17-33/h9-21,26-30H,22-25H2,1-5,7-8H3/p+1/t30-,51?/m0/s1. The molecule has 0 aliphatic heterocycles. The average molecular weight is 712 g/mol. The Kier molecular flexibility index (Phi) is 13.1. The van der Waals surface area contributed by atoms with Gasteiger partial charge < -0.3 is 28.1 Å². The van der Waals surface area contributed by atoms with E-state index >= 15 is 0 Å². The zero-order valence-electron chi connectivity index (χ0n) is 30.4. The smallest absolute Gasteiger partial charge is 0.305 e. The molecule has 0 fully saturated rings. The Bertz CT molecular complexity index is 1810. The van der Waals surface area contributed by atoms with Crippen LogP contribution >= 0.6 is 8.53 Å². The number of ether oxygens (including phenoxy) is 3. The van der Waals surface area contributed by atoms with Gasteiger partial charge in [0.25, 0.3) is 8.53 Å². The van der Waals surface area contributed by atoms with Crippen LogP contribution in [0.1, 0.15) is 63.2 Å². The second-order valence-electron chi connectivity index (χ2n) is 12.5. The third-order valence-electron chi connectivity index (χ3n) is 8.58. The minimum Gasteiger partial charge on any atom is -0.497 e. The molecule has 3 aromatic carbocycles. The summed E-state index contributed by atoms with van der Waals surface area (Å²) in [5, 5.41) is 0. The first-order valence-corrected chi connectivity index (χ1v) is 18.3. The summed E-state index contributed by atoms with van der Waals surface area (Å²) in [6, 6.07) is 26.6. The lowest BCUT2D eigenvalue weighted by Crippen LogP contribution is -2.43. The molecule has 0 aliphatic rings. The number of benzene rings is 3. The van der Waals surface area contributed by atoms with Crippen LogP contribution in [-0.4, -0.2) is 65.7 Å². The first-order chi connectivity index (χ1) is 24.7. The summed E-state index contributed by atoms with van der Waals surface area (Å²) in [7, 11) is 1.92. The van der Waals surface area contributed by atoms with Crippen LogP contribution in [0, 0.1) is 6.57 Å². The first-order valence-electron chi connectivity index (χ1n) is 17.1. The Hall–Kier alpha value is -4.43. The Balaban J connectivity index is 1.56. The van der Waals surface area contributed by atoms with E-state index in [0.717, 1.165) is 45.2 Å². The molecule has 5 aromatic rings. The normalized spacial score (nSPS) is 13.1. The molecule has 5 rings (SSSR count). The molecule has 0 aliphatic carbocycles. The number of nitrogens with one attached hydrogen (secondary N) is 1. The van der Waals surface area contributed by atoms with Gasteiger partial charge in [0, 0.05) is 12.1 Å². The van der Waals surface area contributed by atoms with E-state index in [1.165, 1.54) is 0 Å². The van der Waals surface area contributed by atoms with Crippen LogP contribution < -0.4 is 14.0 Å². The molecule has 51 heavy (non-hydrogen) atoms. The van der Waals surface area contributed by atoms with Gasteiger partial charge in [0.15, 0.2) is 11.8 Å². The maximum absolute atomic E-state index is 7.41. The second-order valence-corrected chi connectivity index (χ2v) is 14.0. The summed E-state index contributed by atoms with van der Waals surface area (Å²) in [5.74, 6) is 2.31. The Morgan fingerprint density at radius 1 is 0.824 bits per heavy atom. The van der Waals surface area contributed by atoms with Crippen molar-refractivity contribution in [2.75, 3.05) is 34.0 Å². The van der Waals surface area contributed by atoms with Crippen molar-refractivity contribution >= 4 is 19.7 Å². The summed E-state index contributed by atoms with van der Waals surface area (Å²) in [5.41, 5.74) is 3.31. The van der Waals surface area contributed by atoms with Crippen molar-refractivity contribution in [3.63, 3.8) is 0 Å². The number of H-pyrrole nitrogens is 1. The summed E-state index contributed by atoms with van der Waals surface area (Å²) < 4.78 is 35.5. The largest absolute Gasteiger partial charge is 0.497 e. The van der Waals surface area contributed by atoms with Crippen LogP contribution in [0.15, 0.2) is 91.4 Å². The average Bonchev–Trinajstić information content (AvgIpc) is 3.52. The molecule has 0 amide bonds. The molecular formula is C39H48N6O5P+. The highest BCUT2D eigenvalue weighted by Crippen LogP contribution is 2.46. The molecule has 268 valence electrons. The monoisotopic (exact) mass is 711 g/mol. The molecule has 1 N–H and O–H groups in total. The van der Waals surface area contributed by atoms with E-state index in [-0.39, 0.29) is 18.6 Å². The van der Waals surface area contributed by atoms with Crippen molar-refractivity contribution in [1.29, 1.82) is 0 Å². The van der Waals surface area contributed by atoms with E-state index in [9.17, 15) is 0 Å². The number of methoxy groups -OCH3 is 2. The van der Waals surface area contributed by atoms with Gasteiger partial charge in [-0.2, -0.15) is 0 Å². The summed E-state index contributed by atoms with van der Waals surface area (Å²) in [6.45, 7) is 19.2. The lowest BCUT2D eigenvalue weighted by atomic mass is 9.79. The van der Waals surface area contributed by atoms with E-state index < -0.39 is 20.2 Å². The van der Waals surface area contributed by atoms with Gasteiger partial charge in [0.2, 0.25) is 12.4 Å². The molecule has 12 heteroatoms. The van der Waals surface area contributed by atoms with Gasteiger partial charge in [0.05, 0.1) is 33.6 Å². The molecular weight excluding hydrogens is 663 g/mol. The molecule has 11 nitrogen and oxygen atoms in total. The minimum absolute atomic E-state index is 0.198. The van der Waals surface area contributed by atoms with Crippen LogP contribution in [-0.2, 0) is 25.9 Å². The van der Waals surface area contributed by atoms with Crippen molar-refractivity contribution in [3.8, 4) is 11.5 Å². The zero-order valence-corrected chi connectivity index (χ0v) is 31.3. The van der Waals surface area contributed by atoms with Gasteiger partial charge in [-0.1, -0.05) is 59.6 Å². The fourth-order valence-corrected chi connectivity index (χ4v) is 7.93. The molecule has 0 spiro atoms. The quantitative estimate of drug-likeness (QED) is 0.0326. The highest BCUT2D eigenvalue weighted by Gasteiger charge is 2.41. The molecule has 0 saturated heterocycles. The van der Waals surface area contributed by atoms with Crippen LogP contribution in [0.5, 0.6) is 11.5 Å². The molecule has 2 heterocycles. The molecule has 0 bridgehead atoms. The number of hydrogen-bond acceptors (Lipinski definition) is 8. The Labute approximate surface area is 302 Å². The van der Waals surface area contributed by atoms with Crippen LogP contribution in [0.25, 0.3) is 16.0 Å². The van der Waals surface area contributed by atoms with Crippen molar-refractivity contribution in [1.82, 2.24) is 19.6 Å². The SMILES string of the molecule is [C-]#[N+]CCOP(OCC[n+]1c([C@H](C)OC(c2ccccc2)(c2ccc(OC)cc2)c2ccc(OC)cc2)[nH]c2cncnc21)N(C(C)C)C(C)C. The highest BCUT2D eigenvalue weighted by atomic mass is 31.2. The van der Waals surface area contributed by atoms with Crippen LogP contribution in [0.4, 0.5) is 0 Å². The van der Waals surface area contributed by atoms with E-state index in [2.05, 4.69) is 68.9 Å². The molecule has 2 atom stereocenters. The maximum atomic E-state index is 7.41. The van der Waals surface area contributed by atoms with E-state index in [0.29, 0.717) is 19.8 Å². The number of hydrogen-bond donors (Lipinski definition) is 1. The predicted molar refractivity (Wildman–Crippen MR) is 198 cm³/mol. The Morgan fingerprint density at radius 3 is 1.94 bits per heavy atom. The molecule has 1 unspecified atom stereocenters.